The van der Waals surface area contributed by atoms with Crippen LogP contribution in [0.15, 0.2) is 12.4 Å². The Balaban J connectivity index is 0.00000128. The minimum Gasteiger partial charge on any atom is -1.00 e. The standard InChI is InChI=1S/C11H18N3O.ClH/c1-10-12(2)7-8-14(10)9-11(15)13-5-3-4-6-13;/h7-8H,3-6,9H2,1-2H3;1H/q+1;/p-1. The Kier molecular flexibility index (Phi) is 4.35. The van der Waals surface area contributed by atoms with Gasteiger partial charge in [0, 0.05) is 20.0 Å². The molecule has 1 aromatic heterocycles. The molecule has 5 heteroatoms. The fourth-order valence-corrected chi connectivity index (χ4v) is 1.98. The number of carbonyl (C=O) groups excluding carboxylic acids is 1. The molecule has 1 aliphatic heterocycles. The highest BCUT2D eigenvalue weighted by atomic mass is 35.5. The lowest BCUT2D eigenvalue weighted by molar-refractivity contribution is -0.677. The van der Waals surface area contributed by atoms with Crippen molar-refractivity contribution in [3.63, 3.8) is 0 Å². The van der Waals surface area contributed by atoms with Gasteiger partial charge in [0.15, 0.2) is 6.54 Å². The van der Waals surface area contributed by atoms with Crippen LogP contribution in [0.3, 0.4) is 0 Å². The number of carbonyl (C=O) groups is 1. The first-order chi connectivity index (χ1) is 7.18. The maximum atomic E-state index is 11.9. The number of amides is 1. The number of nitrogens with zero attached hydrogens (tertiary/aromatic N) is 3. The molecule has 0 atom stereocenters. The number of imidazole rings is 1. The molecule has 16 heavy (non-hydrogen) atoms. The summed E-state index contributed by atoms with van der Waals surface area (Å²) >= 11 is 0. The number of aromatic nitrogens is 2. The van der Waals surface area contributed by atoms with E-state index in [2.05, 4.69) is 0 Å². The largest absolute Gasteiger partial charge is 1.00 e. The van der Waals surface area contributed by atoms with Gasteiger partial charge < -0.3 is 17.3 Å². The first-order valence-corrected chi connectivity index (χ1v) is 5.47. The van der Waals surface area contributed by atoms with Gasteiger partial charge in [-0.1, -0.05) is 0 Å². The molecular weight excluding hydrogens is 226 g/mol. The van der Waals surface area contributed by atoms with E-state index in [9.17, 15) is 4.79 Å². The van der Waals surface area contributed by atoms with E-state index in [1.54, 1.807) is 0 Å². The summed E-state index contributed by atoms with van der Waals surface area (Å²) in [6.07, 6.45) is 6.25. The molecule has 1 amide bonds. The van der Waals surface area contributed by atoms with E-state index in [0.29, 0.717) is 6.54 Å². The van der Waals surface area contributed by atoms with E-state index < -0.39 is 0 Å². The second kappa shape index (κ2) is 5.34. The maximum Gasteiger partial charge on any atom is 0.264 e. The number of halogens is 1. The van der Waals surface area contributed by atoms with Crippen LogP contribution in [0.5, 0.6) is 0 Å². The molecule has 0 unspecified atom stereocenters. The highest BCUT2D eigenvalue weighted by Gasteiger charge is 2.21. The van der Waals surface area contributed by atoms with Crippen molar-refractivity contribution in [2.45, 2.75) is 26.3 Å². The lowest BCUT2D eigenvalue weighted by Gasteiger charge is -2.13. The van der Waals surface area contributed by atoms with Crippen LogP contribution in [-0.4, -0.2) is 28.5 Å². The lowest BCUT2D eigenvalue weighted by Crippen LogP contribution is -3.00. The Hall–Kier alpha value is -1.03. The minimum atomic E-state index is 0. The van der Waals surface area contributed by atoms with Crippen molar-refractivity contribution in [1.82, 2.24) is 9.47 Å². The van der Waals surface area contributed by atoms with Gasteiger partial charge in [-0.2, -0.15) is 0 Å². The van der Waals surface area contributed by atoms with Crippen molar-refractivity contribution in [3.05, 3.63) is 18.2 Å². The van der Waals surface area contributed by atoms with Gasteiger partial charge in [-0.25, -0.2) is 9.13 Å². The first kappa shape index (κ1) is 13.0. The van der Waals surface area contributed by atoms with Crippen molar-refractivity contribution in [2.24, 2.45) is 7.05 Å². The normalized spacial score (nSPS) is 15.0. The summed E-state index contributed by atoms with van der Waals surface area (Å²) in [6.45, 7) is 4.38. The zero-order valence-electron chi connectivity index (χ0n) is 9.82. The molecule has 0 bridgehead atoms. The van der Waals surface area contributed by atoms with Gasteiger partial charge in [-0.15, -0.1) is 0 Å². The molecule has 2 rings (SSSR count). The predicted octanol–water partition coefficient (Wildman–Crippen LogP) is -2.75. The van der Waals surface area contributed by atoms with Crippen molar-refractivity contribution in [3.8, 4) is 0 Å². The predicted molar refractivity (Wildman–Crippen MR) is 56.2 cm³/mol. The van der Waals surface area contributed by atoms with E-state index in [4.69, 9.17) is 0 Å². The Labute approximate surface area is 102 Å². The van der Waals surface area contributed by atoms with Gasteiger partial charge >= 0.3 is 0 Å². The highest BCUT2D eigenvalue weighted by molar-refractivity contribution is 5.76. The van der Waals surface area contributed by atoms with E-state index in [1.807, 2.05) is 40.4 Å². The quantitative estimate of drug-likeness (QED) is 0.518. The number of hydrogen-bond acceptors (Lipinski definition) is 1. The zero-order chi connectivity index (χ0) is 10.8. The minimum absolute atomic E-state index is 0. The molecule has 0 radical (unpaired) electrons. The summed E-state index contributed by atoms with van der Waals surface area (Å²) in [5.41, 5.74) is 0. The highest BCUT2D eigenvalue weighted by Crippen LogP contribution is 2.08. The third kappa shape index (κ3) is 2.55. The smallest absolute Gasteiger partial charge is 0.264 e. The molecule has 0 aliphatic carbocycles. The molecule has 1 fully saturated rings. The van der Waals surface area contributed by atoms with Gasteiger partial charge in [-0.05, 0) is 12.8 Å². The van der Waals surface area contributed by atoms with Crippen LogP contribution in [0.2, 0.25) is 0 Å². The number of aryl methyl sites for hydroxylation is 1. The molecule has 2 heterocycles. The Morgan fingerprint density at radius 3 is 2.56 bits per heavy atom. The molecule has 0 N–H and O–H groups in total. The molecule has 1 aromatic rings. The summed E-state index contributed by atoms with van der Waals surface area (Å²) in [7, 11) is 1.99. The van der Waals surface area contributed by atoms with Crippen LogP contribution in [0.1, 0.15) is 18.7 Å². The second-order valence-corrected chi connectivity index (χ2v) is 4.17. The zero-order valence-corrected chi connectivity index (χ0v) is 10.6. The monoisotopic (exact) mass is 243 g/mol. The molecule has 4 nitrogen and oxygen atoms in total. The Bertz CT molecular complexity index is 369. The fraction of sp³-hybridized carbons (Fsp3) is 0.636. The van der Waals surface area contributed by atoms with Gasteiger partial charge in [0.1, 0.15) is 12.4 Å². The van der Waals surface area contributed by atoms with Gasteiger partial charge in [0.05, 0.1) is 7.05 Å². The second-order valence-electron chi connectivity index (χ2n) is 4.17. The van der Waals surface area contributed by atoms with Gasteiger partial charge in [0.2, 0.25) is 0 Å². The molecule has 0 saturated carbocycles. The lowest BCUT2D eigenvalue weighted by atomic mass is 10.4. The van der Waals surface area contributed by atoms with Crippen LogP contribution >= 0.6 is 0 Å². The number of hydrogen-bond donors (Lipinski definition) is 0. The van der Waals surface area contributed by atoms with Crippen molar-refractivity contribution in [2.75, 3.05) is 13.1 Å². The third-order valence-corrected chi connectivity index (χ3v) is 3.16. The average Bonchev–Trinajstić information content (AvgIpc) is 2.83. The number of likely N-dealkylation sites (tertiary alicyclic amines) is 1. The van der Waals surface area contributed by atoms with Crippen LogP contribution in [0.25, 0.3) is 0 Å². The van der Waals surface area contributed by atoms with Gasteiger partial charge in [0.25, 0.3) is 11.7 Å². The fourth-order valence-electron chi connectivity index (χ4n) is 1.98. The summed E-state index contributed by atoms with van der Waals surface area (Å²) in [4.78, 5) is 13.8. The molecule has 0 spiro atoms. The van der Waals surface area contributed by atoms with Gasteiger partial charge in [-0.3, -0.25) is 4.79 Å². The van der Waals surface area contributed by atoms with E-state index in [1.165, 1.54) is 0 Å². The summed E-state index contributed by atoms with van der Waals surface area (Å²) in [5.74, 6) is 1.36. The SMILES string of the molecule is Cc1n(CC(=O)N2CCCC2)cc[n+]1C.[Cl-]. The van der Waals surface area contributed by atoms with Crippen molar-refractivity contribution in [1.29, 1.82) is 0 Å². The van der Waals surface area contributed by atoms with Crippen LogP contribution in [0.4, 0.5) is 0 Å². The Morgan fingerprint density at radius 1 is 1.44 bits per heavy atom. The maximum absolute atomic E-state index is 11.9. The van der Waals surface area contributed by atoms with Crippen molar-refractivity contribution >= 4 is 5.91 Å². The average molecular weight is 244 g/mol. The molecule has 1 saturated heterocycles. The summed E-state index contributed by atoms with van der Waals surface area (Å²) < 4.78 is 4.03. The van der Waals surface area contributed by atoms with Crippen LogP contribution in [-0.2, 0) is 18.4 Å². The van der Waals surface area contributed by atoms with E-state index in [-0.39, 0.29) is 18.3 Å². The van der Waals surface area contributed by atoms with Crippen LogP contribution < -0.4 is 17.0 Å². The third-order valence-electron chi connectivity index (χ3n) is 3.16. The summed E-state index contributed by atoms with van der Waals surface area (Å²) in [6, 6.07) is 0. The van der Waals surface area contributed by atoms with Crippen molar-refractivity contribution < 1.29 is 21.8 Å². The number of rotatable bonds is 2. The van der Waals surface area contributed by atoms with Crippen LogP contribution in [0, 0.1) is 6.92 Å². The first-order valence-electron chi connectivity index (χ1n) is 5.47. The summed E-state index contributed by atoms with van der Waals surface area (Å²) in [5, 5.41) is 0. The Morgan fingerprint density at radius 2 is 2.06 bits per heavy atom. The molecule has 90 valence electrons. The molecular formula is C11H18ClN3O. The van der Waals surface area contributed by atoms with E-state index >= 15 is 0 Å². The molecule has 0 aromatic carbocycles. The topological polar surface area (TPSA) is 29.1 Å². The van der Waals surface area contributed by atoms with E-state index in [0.717, 1.165) is 31.8 Å². The molecule has 1 aliphatic rings.